The number of carbonyl (C=O) groups excluding carboxylic acids is 1. The van der Waals surface area contributed by atoms with Crippen LogP contribution in [-0.2, 0) is 4.74 Å². The van der Waals surface area contributed by atoms with Gasteiger partial charge in [-0.15, -0.1) is 0 Å². The van der Waals surface area contributed by atoms with Crippen molar-refractivity contribution in [2.75, 3.05) is 7.11 Å². The van der Waals surface area contributed by atoms with Gasteiger partial charge in [-0.1, -0.05) is 15.9 Å². The van der Waals surface area contributed by atoms with Crippen LogP contribution in [-0.4, -0.2) is 13.1 Å². The number of ether oxygens (including phenoxy) is 1. The average molecular weight is 265 g/mol. The molecule has 0 saturated carbocycles. The van der Waals surface area contributed by atoms with Crippen LogP contribution in [0.4, 0.5) is 8.78 Å². The first kappa shape index (κ1) is 11.1. The summed E-state index contributed by atoms with van der Waals surface area (Å²) in [6.07, 6.45) is 0. The summed E-state index contributed by atoms with van der Waals surface area (Å²) >= 11 is 3.01. The van der Waals surface area contributed by atoms with Crippen LogP contribution < -0.4 is 0 Å². The first-order chi connectivity index (χ1) is 6.49. The second kappa shape index (κ2) is 4.04. The lowest BCUT2D eigenvalue weighted by molar-refractivity contribution is 0.0594. The Balaban J connectivity index is 3.40. The Kier molecular flexibility index (Phi) is 3.21. The molecule has 0 atom stereocenters. The fourth-order valence-corrected chi connectivity index (χ4v) is 1.35. The SMILES string of the molecule is COC(=O)c1cc(Br)c(C)c(F)c1F. The van der Waals surface area contributed by atoms with Crippen LogP contribution >= 0.6 is 15.9 Å². The molecule has 1 aromatic carbocycles. The van der Waals surface area contributed by atoms with Crippen LogP contribution in [0.2, 0.25) is 0 Å². The molecule has 0 aromatic heterocycles. The molecular formula is C9H7BrF2O2. The third-order valence-corrected chi connectivity index (χ3v) is 2.62. The molecule has 0 aliphatic heterocycles. The van der Waals surface area contributed by atoms with Crippen molar-refractivity contribution in [2.24, 2.45) is 0 Å². The summed E-state index contributed by atoms with van der Waals surface area (Å²) in [6.45, 7) is 1.41. The van der Waals surface area contributed by atoms with Crippen molar-refractivity contribution < 1.29 is 18.3 Å². The monoisotopic (exact) mass is 264 g/mol. The molecule has 76 valence electrons. The molecule has 14 heavy (non-hydrogen) atoms. The number of esters is 1. The molecule has 0 unspecified atom stereocenters. The predicted molar refractivity (Wildman–Crippen MR) is 50.1 cm³/mol. The Hall–Kier alpha value is -0.970. The molecule has 0 fully saturated rings. The van der Waals surface area contributed by atoms with Crippen LogP contribution in [0.25, 0.3) is 0 Å². The van der Waals surface area contributed by atoms with E-state index in [-0.39, 0.29) is 5.56 Å². The van der Waals surface area contributed by atoms with E-state index in [0.717, 1.165) is 7.11 Å². The van der Waals surface area contributed by atoms with Gasteiger partial charge in [0.15, 0.2) is 11.6 Å². The molecular weight excluding hydrogens is 258 g/mol. The highest BCUT2D eigenvalue weighted by atomic mass is 79.9. The summed E-state index contributed by atoms with van der Waals surface area (Å²) in [6, 6.07) is 1.19. The van der Waals surface area contributed by atoms with E-state index >= 15 is 0 Å². The van der Waals surface area contributed by atoms with Gasteiger partial charge < -0.3 is 4.74 Å². The zero-order chi connectivity index (χ0) is 10.9. The molecule has 0 aliphatic rings. The van der Waals surface area contributed by atoms with E-state index in [1.807, 2.05) is 0 Å². The van der Waals surface area contributed by atoms with E-state index in [1.54, 1.807) is 0 Å². The summed E-state index contributed by atoms with van der Waals surface area (Å²) in [5.41, 5.74) is -0.294. The van der Waals surface area contributed by atoms with Crippen molar-refractivity contribution in [3.05, 3.63) is 33.3 Å². The minimum Gasteiger partial charge on any atom is -0.465 e. The second-order valence-electron chi connectivity index (χ2n) is 2.65. The Labute approximate surface area is 88.0 Å². The van der Waals surface area contributed by atoms with E-state index in [1.165, 1.54) is 13.0 Å². The topological polar surface area (TPSA) is 26.3 Å². The van der Waals surface area contributed by atoms with E-state index < -0.39 is 23.2 Å². The number of hydrogen-bond acceptors (Lipinski definition) is 2. The van der Waals surface area contributed by atoms with Gasteiger partial charge >= 0.3 is 5.97 Å². The molecule has 0 aliphatic carbocycles. The molecule has 1 rings (SSSR count). The van der Waals surface area contributed by atoms with Crippen molar-refractivity contribution >= 4 is 21.9 Å². The zero-order valence-corrected chi connectivity index (χ0v) is 9.11. The number of halogens is 3. The van der Waals surface area contributed by atoms with Crippen molar-refractivity contribution in [2.45, 2.75) is 6.92 Å². The minimum absolute atomic E-state index is 0.121. The molecule has 1 aromatic rings. The van der Waals surface area contributed by atoms with Gasteiger partial charge in [-0.2, -0.15) is 0 Å². The van der Waals surface area contributed by atoms with Gasteiger partial charge in [-0.3, -0.25) is 0 Å². The number of benzene rings is 1. The predicted octanol–water partition coefficient (Wildman–Crippen LogP) is 2.82. The van der Waals surface area contributed by atoms with Crippen molar-refractivity contribution in [3.63, 3.8) is 0 Å². The molecule has 0 saturated heterocycles. The lowest BCUT2D eigenvalue weighted by Gasteiger charge is -2.06. The fourth-order valence-electron chi connectivity index (χ4n) is 0.945. The first-order valence-electron chi connectivity index (χ1n) is 3.71. The summed E-state index contributed by atoms with van der Waals surface area (Å²) < 4.78 is 31.0. The van der Waals surface area contributed by atoms with Gasteiger partial charge in [0.25, 0.3) is 0 Å². The fraction of sp³-hybridized carbons (Fsp3) is 0.222. The van der Waals surface area contributed by atoms with E-state index in [4.69, 9.17) is 0 Å². The van der Waals surface area contributed by atoms with Crippen molar-refractivity contribution in [3.8, 4) is 0 Å². The highest BCUT2D eigenvalue weighted by Gasteiger charge is 2.19. The molecule has 5 heteroatoms. The van der Waals surface area contributed by atoms with Crippen molar-refractivity contribution in [1.82, 2.24) is 0 Å². The van der Waals surface area contributed by atoms with Gasteiger partial charge in [0, 0.05) is 10.0 Å². The van der Waals surface area contributed by atoms with Gasteiger partial charge in [-0.05, 0) is 13.0 Å². The Morgan fingerprint density at radius 3 is 2.50 bits per heavy atom. The third kappa shape index (κ3) is 1.77. The molecule has 0 amide bonds. The maximum Gasteiger partial charge on any atom is 0.340 e. The maximum atomic E-state index is 13.2. The molecule has 0 N–H and O–H groups in total. The molecule has 2 nitrogen and oxygen atoms in total. The standard InChI is InChI=1S/C9H7BrF2O2/c1-4-6(10)3-5(9(13)14-2)8(12)7(4)11/h3H,1-2H3. The Morgan fingerprint density at radius 2 is 2.00 bits per heavy atom. The van der Waals surface area contributed by atoms with E-state index in [9.17, 15) is 13.6 Å². The number of carbonyl (C=O) groups is 1. The number of rotatable bonds is 1. The van der Waals surface area contributed by atoms with Crippen LogP contribution in [0.3, 0.4) is 0 Å². The average Bonchev–Trinajstić information content (AvgIpc) is 2.19. The Bertz CT molecular complexity index is 391. The van der Waals surface area contributed by atoms with Crippen LogP contribution in [0.5, 0.6) is 0 Å². The Morgan fingerprint density at radius 1 is 1.43 bits per heavy atom. The number of methoxy groups -OCH3 is 1. The normalized spacial score (nSPS) is 10.1. The highest BCUT2D eigenvalue weighted by Crippen LogP contribution is 2.24. The van der Waals surface area contributed by atoms with Gasteiger partial charge in [-0.25, -0.2) is 13.6 Å². The van der Waals surface area contributed by atoms with Crippen LogP contribution in [0, 0.1) is 18.6 Å². The van der Waals surface area contributed by atoms with E-state index in [0.29, 0.717) is 4.47 Å². The number of hydrogen-bond donors (Lipinski definition) is 0. The molecule has 0 spiro atoms. The minimum atomic E-state index is -1.18. The van der Waals surface area contributed by atoms with Gasteiger partial charge in [0.05, 0.1) is 12.7 Å². The lowest BCUT2D eigenvalue weighted by Crippen LogP contribution is -2.07. The quantitative estimate of drug-likeness (QED) is 0.576. The van der Waals surface area contributed by atoms with Gasteiger partial charge in [0.1, 0.15) is 0 Å². The lowest BCUT2D eigenvalue weighted by atomic mass is 10.1. The highest BCUT2D eigenvalue weighted by molar-refractivity contribution is 9.10. The first-order valence-corrected chi connectivity index (χ1v) is 4.50. The summed E-state index contributed by atoms with van der Waals surface area (Å²) in [4.78, 5) is 11.0. The largest absolute Gasteiger partial charge is 0.465 e. The maximum absolute atomic E-state index is 13.2. The van der Waals surface area contributed by atoms with Crippen LogP contribution in [0.1, 0.15) is 15.9 Å². The van der Waals surface area contributed by atoms with Gasteiger partial charge in [0.2, 0.25) is 0 Å². The smallest absolute Gasteiger partial charge is 0.340 e. The molecule has 0 bridgehead atoms. The summed E-state index contributed by atoms with van der Waals surface area (Å²) in [5, 5.41) is 0. The third-order valence-electron chi connectivity index (χ3n) is 1.79. The zero-order valence-electron chi connectivity index (χ0n) is 7.53. The second-order valence-corrected chi connectivity index (χ2v) is 3.50. The summed E-state index contributed by atoms with van der Waals surface area (Å²) in [7, 11) is 1.10. The van der Waals surface area contributed by atoms with Crippen LogP contribution in [0.15, 0.2) is 10.5 Å². The summed E-state index contributed by atoms with van der Waals surface area (Å²) in [5.74, 6) is -3.13. The van der Waals surface area contributed by atoms with Crippen molar-refractivity contribution in [1.29, 1.82) is 0 Å². The van der Waals surface area contributed by atoms with E-state index in [2.05, 4.69) is 20.7 Å². The molecule has 0 heterocycles. The molecule has 0 radical (unpaired) electrons.